The number of anilines is 2. The predicted molar refractivity (Wildman–Crippen MR) is 122 cm³/mol. The van der Waals surface area contributed by atoms with Gasteiger partial charge < -0.3 is 25.0 Å². The Balaban J connectivity index is 1.50. The highest BCUT2D eigenvalue weighted by Gasteiger charge is 2.18. The molecular weight excluding hydrogens is 394 g/mol. The normalized spacial score (nSPS) is 13.7. The zero-order chi connectivity index (χ0) is 22.1. The number of carbonyl (C=O) groups is 2. The second-order valence-electron chi connectivity index (χ2n) is 7.95. The van der Waals surface area contributed by atoms with Crippen molar-refractivity contribution in [2.24, 2.45) is 5.92 Å². The molecule has 1 fully saturated rings. The van der Waals surface area contributed by atoms with Crippen LogP contribution in [-0.4, -0.2) is 56.2 Å². The van der Waals surface area contributed by atoms with Gasteiger partial charge in [-0.1, -0.05) is 26.0 Å². The number of rotatable bonds is 9. The molecule has 166 valence electrons. The highest BCUT2D eigenvalue weighted by atomic mass is 16.5. The lowest BCUT2D eigenvalue weighted by atomic mass is 10.1. The van der Waals surface area contributed by atoms with E-state index >= 15 is 0 Å². The molecule has 7 heteroatoms. The molecule has 31 heavy (non-hydrogen) atoms. The van der Waals surface area contributed by atoms with E-state index in [1.165, 1.54) is 0 Å². The number of nitrogens with zero attached hydrogens (tertiary/aromatic N) is 1. The van der Waals surface area contributed by atoms with E-state index < -0.39 is 0 Å². The van der Waals surface area contributed by atoms with Gasteiger partial charge in [0.1, 0.15) is 5.75 Å². The summed E-state index contributed by atoms with van der Waals surface area (Å²) in [4.78, 5) is 26.8. The van der Waals surface area contributed by atoms with Crippen molar-refractivity contribution in [3.63, 3.8) is 0 Å². The average molecular weight is 426 g/mol. The van der Waals surface area contributed by atoms with E-state index in [1.807, 2.05) is 36.4 Å². The fraction of sp³-hybridized carbons (Fsp3) is 0.417. The maximum absolute atomic E-state index is 12.6. The van der Waals surface area contributed by atoms with Gasteiger partial charge in [0.25, 0.3) is 5.91 Å². The van der Waals surface area contributed by atoms with Gasteiger partial charge in [0.2, 0.25) is 5.91 Å². The number of benzene rings is 2. The molecule has 0 atom stereocenters. The molecule has 1 heterocycles. The third-order valence-corrected chi connectivity index (χ3v) is 4.94. The van der Waals surface area contributed by atoms with Crippen LogP contribution in [-0.2, 0) is 9.53 Å². The van der Waals surface area contributed by atoms with Crippen molar-refractivity contribution >= 4 is 23.2 Å². The first-order valence-corrected chi connectivity index (χ1v) is 10.7. The van der Waals surface area contributed by atoms with Gasteiger partial charge in [0.15, 0.2) is 0 Å². The summed E-state index contributed by atoms with van der Waals surface area (Å²) in [5.74, 6) is 1.12. The zero-order valence-corrected chi connectivity index (χ0v) is 18.2. The third kappa shape index (κ3) is 7.29. The molecule has 3 rings (SSSR count). The zero-order valence-electron chi connectivity index (χ0n) is 18.2. The monoisotopic (exact) mass is 425 g/mol. The molecule has 7 nitrogen and oxygen atoms in total. The van der Waals surface area contributed by atoms with Crippen molar-refractivity contribution < 1.29 is 19.1 Å². The van der Waals surface area contributed by atoms with Crippen LogP contribution in [0, 0.1) is 5.92 Å². The minimum absolute atomic E-state index is 0.0225. The van der Waals surface area contributed by atoms with E-state index in [-0.39, 0.29) is 18.4 Å². The van der Waals surface area contributed by atoms with Crippen LogP contribution in [0.5, 0.6) is 5.75 Å². The first-order valence-electron chi connectivity index (χ1n) is 10.7. The molecule has 0 saturated carbocycles. The van der Waals surface area contributed by atoms with Crippen molar-refractivity contribution in [2.75, 3.05) is 50.1 Å². The second-order valence-corrected chi connectivity index (χ2v) is 7.95. The number of nitrogens with one attached hydrogen (secondary N) is 2. The van der Waals surface area contributed by atoms with E-state index in [4.69, 9.17) is 9.47 Å². The van der Waals surface area contributed by atoms with Crippen LogP contribution >= 0.6 is 0 Å². The van der Waals surface area contributed by atoms with Crippen molar-refractivity contribution in [3.8, 4) is 5.75 Å². The Bertz CT molecular complexity index is 879. The van der Waals surface area contributed by atoms with Crippen LogP contribution in [0.2, 0.25) is 0 Å². The number of hydrogen-bond acceptors (Lipinski definition) is 5. The summed E-state index contributed by atoms with van der Waals surface area (Å²) in [6.45, 7) is 7.37. The van der Waals surface area contributed by atoms with Crippen molar-refractivity contribution in [3.05, 3.63) is 54.1 Å². The molecule has 1 aliphatic heterocycles. The molecule has 1 saturated heterocycles. The smallest absolute Gasteiger partial charge is 0.254 e. The molecular formula is C24H31N3O4. The summed E-state index contributed by atoms with van der Waals surface area (Å²) in [6, 6.07) is 14.6. The van der Waals surface area contributed by atoms with Crippen LogP contribution < -0.4 is 15.4 Å². The summed E-state index contributed by atoms with van der Waals surface area (Å²) < 4.78 is 11.0. The van der Waals surface area contributed by atoms with Crippen molar-refractivity contribution in [1.29, 1.82) is 0 Å². The lowest BCUT2D eigenvalue weighted by molar-refractivity contribution is -0.114. The van der Waals surface area contributed by atoms with Crippen molar-refractivity contribution in [1.82, 2.24) is 4.90 Å². The standard InChI is InChI=1S/C24H31N3O4/c1-18(2)9-12-31-22-8-4-7-21(16-22)26-23(28)17-25-20-6-3-5-19(15-20)24(29)27-10-13-30-14-11-27/h3-8,15-16,18,25H,9-14,17H2,1-2H3,(H,26,28). The lowest BCUT2D eigenvalue weighted by Gasteiger charge is -2.27. The fourth-order valence-electron chi connectivity index (χ4n) is 3.17. The number of hydrogen-bond donors (Lipinski definition) is 2. The summed E-state index contributed by atoms with van der Waals surface area (Å²) in [7, 11) is 0. The number of amides is 2. The summed E-state index contributed by atoms with van der Waals surface area (Å²) in [5, 5.41) is 5.96. The van der Waals surface area contributed by atoms with Crippen LogP contribution in [0.25, 0.3) is 0 Å². The van der Waals surface area contributed by atoms with E-state index in [2.05, 4.69) is 24.5 Å². The van der Waals surface area contributed by atoms with E-state index in [9.17, 15) is 9.59 Å². The Kier molecular flexibility index (Phi) is 8.29. The molecule has 2 amide bonds. The first-order chi connectivity index (χ1) is 15.0. The molecule has 0 bridgehead atoms. The predicted octanol–water partition coefficient (Wildman–Crippen LogP) is 3.63. The van der Waals surface area contributed by atoms with Gasteiger partial charge in [-0.05, 0) is 42.7 Å². The topological polar surface area (TPSA) is 79.9 Å². The molecule has 2 aromatic carbocycles. The quantitative estimate of drug-likeness (QED) is 0.641. The van der Waals surface area contributed by atoms with Gasteiger partial charge in [0.05, 0.1) is 26.4 Å². The summed E-state index contributed by atoms with van der Waals surface area (Å²) >= 11 is 0. The van der Waals surface area contributed by atoms with Gasteiger partial charge in [0, 0.05) is 36.1 Å². The van der Waals surface area contributed by atoms with E-state index in [1.54, 1.807) is 17.0 Å². The molecule has 0 unspecified atom stereocenters. The van der Waals surface area contributed by atoms with Gasteiger partial charge in [-0.3, -0.25) is 9.59 Å². The molecule has 2 aromatic rings. The van der Waals surface area contributed by atoms with Gasteiger partial charge in [-0.15, -0.1) is 0 Å². The Morgan fingerprint density at radius 1 is 1.06 bits per heavy atom. The molecule has 0 spiro atoms. The maximum atomic E-state index is 12.6. The van der Waals surface area contributed by atoms with Gasteiger partial charge >= 0.3 is 0 Å². The van der Waals surface area contributed by atoms with E-state index in [0.717, 1.165) is 17.9 Å². The van der Waals surface area contributed by atoms with Crippen LogP contribution in [0.4, 0.5) is 11.4 Å². The Morgan fingerprint density at radius 3 is 2.58 bits per heavy atom. The van der Waals surface area contributed by atoms with Crippen molar-refractivity contribution in [2.45, 2.75) is 20.3 Å². The highest BCUT2D eigenvalue weighted by molar-refractivity contribution is 5.96. The van der Waals surface area contributed by atoms with Crippen LogP contribution in [0.3, 0.4) is 0 Å². The molecule has 2 N–H and O–H groups in total. The highest BCUT2D eigenvalue weighted by Crippen LogP contribution is 2.18. The number of morpholine rings is 1. The maximum Gasteiger partial charge on any atom is 0.254 e. The average Bonchev–Trinajstić information content (AvgIpc) is 2.78. The first kappa shape index (κ1) is 22.6. The Morgan fingerprint density at radius 2 is 1.81 bits per heavy atom. The van der Waals surface area contributed by atoms with Gasteiger partial charge in [-0.25, -0.2) is 0 Å². The third-order valence-electron chi connectivity index (χ3n) is 4.94. The summed E-state index contributed by atoms with van der Waals surface area (Å²) in [6.07, 6.45) is 0.980. The minimum Gasteiger partial charge on any atom is -0.494 e. The Hall–Kier alpha value is -3.06. The second kappa shape index (κ2) is 11.4. The van der Waals surface area contributed by atoms with Crippen LogP contribution in [0.1, 0.15) is 30.6 Å². The number of carbonyl (C=O) groups excluding carboxylic acids is 2. The number of ether oxygens (including phenoxy) is 2. The van der Waals surface area contributed by atoms with Gasteiger partial charge in [-0.2, -0.15) is 0 Å². The van der Waals surface area contributed by atoms with E-state index in [0.29, 0.717) is 50.1 Å². The minimum atomic E-state index is -0.177. The SMILES string of the molecule is CC(C)CCOc1cccc(NC(=O)CNc2cccc(C(=O)N3CCOCC3)c2)c1. The molecule has 1 aliphatic rings. The summed E-state index contributed by atoms with van der Waals surface area (Å²) in [5.41, 5.74) is 2.00. The Labute approximate surface area is 183 Å². The molecule has 0 radical (unpaired) electrons. The molecule has 0 aromatic heterocycles. The molecule has 0 aliphatic carbocycles. The van der Waals surface area contributed by atoms with Crippen LogP contribution in [0.15, 0.2) is 48.5 Å². The lowest BCUT2D eigenvalue weighted by Crippen LogP contribution is -2.40. The largest absolute Gasteiger partial charge is 0.494 e. The fourth-order valence-corrected chi connectivity index (χ4v) is 3.17.